The van der Waals surface area contributed by atoms with Crippen LogP contribution in [-0.2, 0) is 19.6 Å². The van der Waals surface area contributed by atoms with Gasteiger partial charge in [-0.1, -0.05) is 44.2 Å². The van der Waals surface area contributed by atoms with Gasteiger partial charge in [-0.25, -0.2) is 8.42 Å². The van der Waals surface area contributed by atoms with Crippen LogP contribution in [0.5, 0.6) is 0 Å². The lowest BCUT2D eigenvalue weighted by atomic mass is 10.0. The average Bonchev–Trinajstić information content (AvgIpc) is 2.65. The van der Waals surface area contributed by atoms with E-state index >= 15 is 0 Å². The van der Waals surface area contributed by atoms with Crippen LogP contribution in [-0.4, -0.2) is 33.0 Å². The molecule has 8 nitrogen and oxygen atoms in total. The Morgan fingerprint density at radius 3 is 2.33 bits per heavy atom. The Morgan fingerprint density at radius 1 is 1.15 bits per heavy atom. The Hall–Kier alpha value is -2.94. The Labute approximate surface area is 157 Å². The summed E-state index contributed by atoms with van der Waals surface area (Å²) in [5, 5.41) is 11.3. The molecule has 0 fully saturated rings. The van der Waals surface area contributed by atoms with E-state index in [1.165, 1.54) is 12.1 Å². The van der Waals surface area contributed by atoms with E-state index in [1.54, 1.807) is 24.3 Å². The van der Waals surface area contributed by atoms with Crippen molar-refractivity contribution < 1.29 is 22.9 Å². The highest BCUT2D eigenvalue weighted by Gasteiger charge is 2.34. The van der Waals surface area contributed by atoms with E-state index in [0.717, 1.165) is 23.5 Å². The van der Waals surface area contributed by atoms with Crippen LogP contribution in [0, 0.1) is 10.1 Å². The number of carbonyl (C=O) groups excluding carboxylic acids is 1. The summed E-state index contributed by atoms with van der Waals surface area (Å²) in [6.07, 6.45) is 0. The van der Waals surface area contributed by atoms with Gasteiger partial charge in [0.1, 0.15) is 6.54 Å². The number of sulfonamides is 1. The molecule has 2 aromatic carbocycles. The number of anilines is 1. The molecule has 0 amide bonds. The molecule has 0 aliphatic heterocycles. The van der Waals surface area contributed by atoms with Gasteiger partial charge < -0.3 is 4.74 Å². The van der Waals surface area contributed by atoms with Gasteiger partial charge in [0.25, 0.3) is 15.7 Å². The Bertz CT molecular complexity index is 956. The molecule has 0 bridgehead atoms. The summed E-state index contributed by atoms with van der Waals surface area (Å²) in [6.45, 7) is 3.16. The molecular formula is C18H20N2O6S. The van der Waals surface area contributed by atoms with Crippen LogP contribution in [0.15, 0.2) is 53.4 Å². The summed E-state index contributed by atoms with van der Waals surface area (Å²) in [6, 6.07) is 11.7. The third kappa shape index (κ3) is 4.25. The van der Waals surface area contributed by atoms with E-state index in [-0.39, 0.29) is 11.6 Å². The highest BCUT2D eigenvalue weighted by atomic mass is 32.2. The standard InChI is InChI=1S/C18H20N2O6S/c1-13(2)14-8-4-5-9-15(14)19(12-18(21)26-3)27(24,25)17-11-7-6-10-16(17)20(22)23/h4-11,13H,12H2,1-3H3. The molecule has 0 unspecified atom stereocenters. The van der Waals surface area contributed by atoms with Crippen molar-refractivity contribution in [1.29, 1.82) is 0 Å². The summed E-state index contributed by atoms with van der Waals surface area (Å²) in [5.74, 6) is -0.821. The highest BCUT2D eigenvalue weighted by molar-refractivity contribution is 7.93. The average molecular weight is 392 g/mol. The molecule has 144 valence electrons. The third-order valence-electron chi connectivity index (χ3n) is 3.96. The van der Waals surface area contributed by atoms with Crippen molar-refractivity contribution in [3.05, 3.63) is 64.2 Å². The molecule has 0 atom stereocenters. The lowest BCUT2D eigenvalue weighted by Crippen LogP contribution is -2.37. The first-order chi connectivity index (χ1) is 12.7. The summed E-state index contributed by atoms with van der Waals surface area (Å²) >= 11 is 0. The van der Waals surface area contributed by atoms with Crippen molar-refractivity contribution in [1.82, 2.24) is 0 Å². The van der Waals surface area contributed by atoms with E-state index in [4.69, 9.17) is 0 Å². The van der Waals surface area contributed by atoms with Crippen LogP contribution in [0.25, 0.3) is 0 Å². The molecule has 0 spiro atoms. The van der Waals surface area contributed by atoms with Crippen LogP contribution in [0.1, 0.15) is 25.3 Å². The monoisotopic (exact) mass is 392 g/mol. The fourth-order valence-electron chi connectivity index (χ4n) is 2.63. The topological polar surface area (TPSA) is 107 Å². The maximum atomic E-state index is 13.3. The quantitative estimate of drug-likeness (QED) is 0.407. The molecule has 0 radical (unpaired) electrons. The number of carbonyl (C=O) groups is 1. The van der Waals surface area contributed by atoms with Gasteiger partial charge in [-0.3, -0.25) is 19.2 Å². The van der Waals surface area contributed by atoms with Gasteiger partial charge >= 0.3 is 5.97 Å². The van der Waals surface area contributed by atoms with Crippen molar-refractivity contribution in [2.24, 2.45) is 0 Å². The maximum absolute atomic E-state index is 13.3. The normalized spacial score (nSPS) is 11.3. The lowest BCUT2D eigenvalue weighted by Gasteiger charge is -2.26. The maximum Gasteiger partial charge on any atom is 0.326 e. The van der Waals surface area contributed by atoms with E-state index in [1.807, 2.05) is 13.8 Å². The fraction of sp³-hybridized carbons (Fsp3) is 0.278. The van der Waals surface area contributed by atoms with Crippen LogP contribution in [0.3, 0.4) is 0 Å². The first kappa shape index (κ1) is 20.4. The number of nitro groups is 1. The predicted octanol–water partition coefficient (Wildman–Crippen LogP) is 3.09. The predicted molar refractivity (Wildman–Crippen MR) is 100 cm³/mol. The zero-order chi connectivity index (χ0) is 20.2. The van der Waals surface area contributed by atoms with Gasteiger partial charge in [0.2, 0.25) is 0 Å². The summed E-state index contributed by atoms with van der Waals surface area (Å²) in [7, 11) is -3.25. The first-order valence-corrected chi connectivity index (χ1v) is 9.56. The molecule has 0 N–H and O–H groups in total. The van der Waals surface area contributed by atoms with E-state index in [0.29, 0.717) is 5.56 Å². The molecule has 0 saturated heterocycles. The van der Waals surface area contributed by atoms with Crippen molar-refractivity contribution in [2.75, 3.05) is 18.0 Å². The number of esters is 1. The number of rotatable bonds is 7. The van der Waals surface area contributed by atoms with Gasteiger partial charge in [0, 0.05) is 6.07 Å². The second-order valence-electron chi connectivity index (χ2n) is 6.03. The molecular weight excluding hydrogens is 372 g/mol. The molecule has 0 aromatic heterocycles. The van der Waals surface area contributed by atoms with Crippen molar-refractivity contribution in [2.45, 2.75) is 24.7 Å². The minimum atomic E-state index is -4.40. The Morgan fingerprint density at radius 2 is 1.74 bits per heavy atom. The van der Waals surface area contributed by atoms with E-state index in [2.05, 4.69) is 4.74 Å². The summed E-state index contributed by atoms with van der Waals surface area (Å²) < 4.78 is 32.1. The second-order valence-corrected chi connectivity index (χ2v) is 7.86. The van der Waals surface area contributed by atoms with E-state index in [9.17, 15) is 23.3 Å². The van der Waals surface area contributed by atoms with Crippen molar-refractivity contribution >= 4 is 27.4 Å². The number of hydrogen-bond donors (Lipinski definition) is 0. The van der Waals surface area contributed by atoms with Crippen molar-refractivity contribution in [3.8, 4) is 0 Å². The van der Waals surface area contributed by atoms with Gasteiger partial charge in [0.05, 0.1) is 17.7 Å². The highest BCUT2D eigenvalue weighted by Crippen LogP contribution is 2.34. The van der Waals surface area contributed by atoms with Crippen LogP contribution >= 0.6 is 0 Å². The number of ether oxygens (including phenoxy) is 1. The molecule has 27 heavy (non-hydrogen) atoms. The van der Waals surface area contributed by atoms with Gasteiger partial charge in [0.15, 0.2) is 4.90 Å². The number of nitrogens with zero attached hydrogens (tertiary/aromatic N) is 2. The summed E-state index contributed by atoms with van der Waals surface area (Å²) in [4.78, 5) is 22.0. The lowest BCUT2D eigenvalue weighted by molar-refractivity contribution is -0.387. The number of nitro benzene ring substituents is 1. The molecule has 0 saturated carbocycles. The Balaban J connectivity index is 2.72. The smallest absolute Gasteiger partial charge is 0.326 e. The zero-order valence-corrected chi connectivity index (χ0v) is 16.0. The second kappa shape index (κ2) is 8.17. The molecule has 0 aliphatic rings. The number of para-hydroxylation sites is 2. The van der Waals surface area contributed by atoms with E-state index < -0.39 is 38.0 Å². The van der Waals surface area contributed by atoms with Crippen LogP contribution in [0.2, 0.25) is 0 Å². The molecule has 9 heteroatoms. The molecule has 0 aliphatic carbocycles. The van der Waals surface area contributed by atoms with Crippen molar-refractivity contribution in [3.63, 3.8) is 0 Å². The minimum absolute atomic E-state index is 0.0395. The number of methoxy groups -OCH3 is 1. The van der Waals surface area contributed by atoms with Gasteiger partial charge in [-0.15, -0.1) is 0 Å². The van der Waals surface area contributed by atoms with Gasteiger partial charge in [-0.05, 0) is 23.6 Å². The van der Waals surface area contributed by atoms with Gasteiger partial charge in [-0.2, -0.15) is 0 Å². The van der Waals surface area contributed by atoms with Crippen LogP contribution < -0.4 is 4.31 Å². The Kier molecular flexibility index (Phi) is 6.17. The zero-order valence-electron chi connectivity index (χ0n) is 15.2. The molecule has 2 rings (SSSR count). The summed E-state index contributed by atoms with van der Waals surface area (Å²) in [5.41, 5.74) is 0.397. The SMILES string of the molecule is COC(=O)CN(c1ccccc1C(C)C)S(=O)(=O)c1ccccc1[N+](=O)[O-]. The molecule has 0 heterocycles. The third-order valence-corrected chi connectivity index (χ3v) is 5.76. The number of hydrogen-bond acceptors (Lipinski definition) is 6. The first-order valence-electron chi connectivity index (χ1n) is 8.12. The largest absolute Gasteiger partial charge is 0.468 e. The minimum Gasteiger partial charge on any atom is -0.468 e. The molecule has 2 aromatic rings. The van der Waals surface area contributed by atoms with Crippen LogP contribution in [0.4, 0.5) is 11.4 Å². The number of benzene rings is 2. The fourth-order valence-corrected chi connectivity index (χ4v) is 4.22.